The van der Waals surface area contributed by atoms with Crippen molar-refractivity contribution in [3.63, 3.8) is 0 Å². The third kappa shape index (κ3) is 4.38. The molecule has 0 spiro atoms. The number of hydrogen-bond donors (Lipinski definition) is 0. The van der Waals surface area contributed by atoms with Crippen LogP contribution < -0.4 is 0 Å². The van der Waals surface area contributed by atoms with E-state index in [1.54, 1.807) is 0 Å². The molecule has 1 aromatic heterocycles. The molecule has 0 bridgehead atoms. The van der Waals surface area contributed by atoms with Gasteiger partial charge in [-0.3, -0.25) is 4.79 Å². The topological polar surface area (TPSA) is 64.5 Å². The molecule has 23 heavy (non-hydrogen) atoms. The number of hydrogen-bond acceptors (Lipinski definition) is 5. The highest BCUT2D eigenvalue weighted by atomic mass is 19.4. The van der Waals surface area contributed by atoms with E-state index in [9.17, 15) is 18.0 Å². The van der Waals surface area contributed by atoms with Crippen molar-refractivity contribution in [1.29, 1.82) is 0 Å². The Bertz CT molecular complexity index is 561. The maximum Gasteiger partial charge on any atom is 0.451 e. The molecule has 1 aliphatic heterocycles. The van der Waals surface area contributed by atoms with Gasteiger partial charge in [0.05, 0.1) is 23.9 Å². The Morgan fingerprint density at radius 1 is 1.43 bits per heavy atom. The lowest BCUT2D eigenvalue weighted by Gasteiger charge is -2.42. The van der Waals surface area contributed by atoms with E-state index in [4.69, 9.17) is 9.47 Å². The van der Waals surface area contributed by atoms with Crippen LogP contribution in [0.15, 0.2) is 12.4 Å². The molecule has 2 rings (SSSR count). The minimum absolute atomic E-state index is 0.00636. The smallest absolute Gasteiger partial charge is 0.382 e. The molecule has 9 heteroatoms. The first-order valence-electron chi connectivity index (χ1n) is 6.97. The fourth-order valence-corrected chi connectivity index (χ4v) is 2.49. The number of carbonyl (C=O) groups excluding carboxylic acids is 1. The molecule has 1 aromatic rings. The molecule has 1 atom stereocenters. The predicted octanol–water partition coefficient (Wildman–Crippen LogP) is 1.76. The van der Waals surface area contributed by atoms with Gasteiger partial charge in [0.15, 0.2) is 0 Å². The third-order valence-electron chi connectivity index (χ3n) is 3.27. The van der Waals surface area contributed by atoms with Gasteiger partial charge in [0.2, 0.25) is 5.82 Å². The first-order chi connectivity index (χ1) is 10.6. The molecule has 6 nitrogen and oxygen atoms in total. The number of amides is 1. The van der Waals surface area contributed by atoms with Gasteiger partial charge in [0.25, 0.3) is 5.91 Å². The van der Waals surface area contributed by atoms with E-state index in [0.29, 0.717) is 13.2 Å². The number of ether oxygens (including phenoxy) is 2. The van der Waals surface area contributed by atoms with Gasteiger partial charge in [-0.1, -0.05) is 0 Å². The number of aromatic nitrogens is 2. The van der Waals surface area contributed by atoms with Gasteiger partial charge in [-0.25, -0.2) is 9.97 Å². The van der Waals surface area contributed by atoms with Crippen LogP contribution in [-0.2, 0) is 15.7 Å². The van der Waals surface area contributed by atoms with Crippen molar-refractivity contribution in [1.82, 2.24) is 14.9 Å². The first kappa shape index (κ1) is 17.6. The van der Waals surface area contributed by atoms with E-state index >= 15 is 0 Å². The van der Waals surface area contributed by atoms with Crippen LogP contribution in [-0.4, -0.2) is 59.3 Å². The lowest BCUT2D eigenvalue weighted by atomic mass is 10.0. The summed E-state index contributed by atoms with van der Waals surface area (Å²) in [6.45, 7) is 4.58. The van der Waals surface area contributed by atoms with E-state index in [1.165, 1.54) is 12.0 Å². The van der Waals surface area contributed by atoms with Crippen LogP contribution in [0.1, 0.15) is 30.0 Å². The van der Waals surface area contributed by atoms with Crippen molar-refractivity contribution in [2.24, 2.45) is 0 Å². The maximum absolute atomic E-state index is 12.5. The zero-order chi connectivity index (χ0) is 17.3. The minimum atomic E-state index is -4.63. The average Bonchev–Trinajstić information content (AvgIpc) is 2.44. The van der Waals surface area contributed by atoms with Crippen LogP contribution in [0, 0.1) is 0 Å². The third-order valence-corrected chi connectivity index (χ3v) is 3.27. The molecule has 128 valence electrons. The Hall–Kier alpha value is -1.74. The maximum atomic E-state index is 12.5. The Morgan fingerprint density at radius 3 is 2.57 bits per heavy atom. The summed E-state index contributed by atoms with van der Waals surface area (Å²) in [6, 6.07) is 0. The summed E-state index contributed by atoms with van der Waals surface area (Å²) in [5.41, 5.74) is -0.573. The highest BCUT2D eigenvalue weighted by Crippen LogP contribution is 2.26. The fourth-order valence-electron chi connectivity index (χ4n) is 2.49. The summed E-state index contributed by atoms with van der Waals surface area (Å²) >= 11 is 0. The molecule has 0 aromatic carbocycles. The number of rotatable bonds is 3. The van der Waals surface area contributed by atoms with Crippen molar-refractivity contribution in [3.8, 4) is 0 Å². The Morgan fingerprint density at radius 2 is 2.04 bits per heavy atom. The largest absolute Gasteiger partial charge is 0.451 e. The summed E-state index contributed by atoms with van der Waals surface area (Å²) < 4.78 is 48.2. The molecule has 1 aliphatic rings. The van der Waals surface area contributed by atoms with Gasteiger partial charge in [-0.05, 0) is 13.8 Å². The highest BCUT2D eigenvalue weighted by Gasteiger charge is 2.37. The zero-order valence-corrected chi connectivity index (χ0v) is 13.1. The lowest BCUT2D eigenvalue weighted by molar-refractivity contribution is -0.145. The Balaban J connectivity index is 2.15. The molecule has 0 N–H and O–H groups in total. The van der Waals surface area contributed by atoms with Crippen LogP contribution in [0.5, 0.6) is 0 Å². The first-order valence-corrected chi connectivity index (χ1v) is 6.97. The lowest BCUT2D eigenvalue weighted by Crippen LogP contribution is -2.55. The highest BCUT2D eigenvalue weighted by molar-refractivity contribution is 5.93. The number of halogens is 3. The van der Waals surface area contributed by atoms with Crippen LogP contribution in [0.25, 0.3) is 0 Å². The molecular formula is C14H18F3N3O3. The van der Waals surface area contributed by atoms with Gasteiger partial charge < -0.3 is 14.4 Å². The molecular weight excluding hydrogens is 315 g/mol. The molecule has 2 heterocycles. The molecule has 0 saturated carbocycles. The molecule has 0 aliphatic carbocycles. The van der Waals surface area contributed by atoms with Crippen molar-refractivity contribution in [2.75, 3.05) is 26.8 Å². The Labute approximate surface area is 131 Å². The Kier molecular flexibility index (Phi) is 4.90. The number of nitrogens with zero attached hydrogens (tertiary/aromatic N) is 3. The second-order valence-corrected chi connectivity index (χ2v) is 5.93. The van der Waals surface area contributed by atoms with Gasteiger partial charge in [0.1, 0.15) is 0 Å². The van der Waals surface area contributed by atoms with E-state index in [2.05, 4.69) is 9.97 Å². The minimum Gasteiger partial charge on any atom is -0.382 e. The monoisotopic (exact) mass is 333 g/mol. The van der Waals surface area contributed by atoms with Crippen molar-refractivity contribution in [3.05, 3.63) is 23.8 Å². The SMILES string of the molecule is COCC1CN(C(=O)c2cnc(C(F)(F)F)nc2)CC(C)(C)O1. The number of carbonyl (C=O) groups is 1. The van der Waals surface area contributed by atoms with Crippen molar-refractivity contribution in [2.45, 2.75) is 31.7 Å². The molecule has 1 saturated heterocycles. The van der Waals surface area contributed by atoms with Gasteiger partial charge in [0, 0.05) is 32.6 Å². The summed E-state index contributed by atoms with van der Waals surface area (Å²) in [5.74, 6) is -1.70. The van der Waals surface area contributed by atoms with Gasteiger partial charge in [-0.15, -0.1) is 0 Å². The van der Waals surface area contributed by atoms with Gasteiger partial charge in [-0.2, -0.15) is 13.2 Å². The quantitative estimate of drug-likeness (QED) is 0.843. The number of alkyl halides is 3. The summed E-state index contributed by atoms with van der Waals surface area (Å²) in [7, 11) is 1.53. The van der Waals surface area contributed by atoms with Crippen LogP contribution in [0.2, 0.25) is 0 Å². The fraction of sp³-hybridized carbons (Fsp3) is 0.643. The van der Waals surface area contributed by atoms with E-state index < -0.39 is 23.5 Å². The average molecular weight is 333 g/mol. The van der Waals surface area contributed by atoms with Gasteiger partial charge >= 0.3 is 6.18 Å². The molecule has 1 unspecified atom stereocenters. The van der Waals surface area contributed by atoms with Crippen molar-refractivity contribution < 1.29 is 27.4 Å². The number of morpholine rings is 1. The normalized spacial score (nSPS) is 21.3. The molecule has 1 amide bonds. The summed E-state index contributed by atoms with van der Waals surface area (Å²) in [4.78, 5) is 20.4. The second kappa shape index (κ2) is 6.40. The van der Waals surface area contributed by atoms with Crippen LogP contribution >= 0.6 is 0 Å². The molecule has 1 fully saturated rings. The number of methoxy groups -OCH3 is 1. The van der Waals surface area contributed by atoms with Crippen LogP contribution in [0.4, 0.5) is 13.2 Å². The van der Waals surface area contributed by atoms with E-state index in [-0.39, 0.29) is 18.2 Å². The van der Waals surface area contributed by atoms with Crippen LogP contribution in [0.3, 0.4) is 0 Å². The standard InChI is InChI=1S/C14H18F3N3O3/c1-13(2)8-20(6-10(23-13)7-22-3)11(21)9-4-18-12(19-5-9)14(15,16)17/h4-5,10H,6-8H2,1-3H3. The van der Waals surface area contributed by atoms with E-state index in [1.807, 2.05) is 13.8 Å². The summed E-state index contributed by atoms with van der Waals surface area (Å²) in [5, 5.41) is 0. The van der Waals surface area contributed by atoms with E-state index in [0.717, 1.165) is 12.4 Å². The zero-order valence-electron chi connectivity index (χ0n) is 13.1. The predicted molar refractivity (Wildman–Crippen MR) is 73.8 cm³/mol. The summed E-state index contributed by atoms with van der Waals surface area (Å²) in [6.07, 6.45) is -3.15. The van der Waals surface area contributed by atoms with Crippen molar-refractivity contribution >= 4 is 5.91 Å². The second-order valence-electron chi connectivity index (χ2n) is 5.93. The molecule has 0 radical (unpaired) electrons.